The Morgan fingerprint density at radius 3 is 2.08 bits per heavy atom. The fraction of sp³-hybridized carbons (Fsp3) is 0.409. The van der Waals surface area contributed by atoms with Crippen LogP contribution in [0.1, 0.15) is 66.9 Å². The number of hydrogen-bond acceptors (Lipinski definition) is 2. The maximum atomic E-state index is 10.8. The molecule has 0 heterocycles. The van der Waals surface area contributed by atoms with Crippen LogP contribution in [-0.2, 0) is 13.0 Å². The maximum Gasteiger partial charge on any atom is 0.335 e. The maximum absolute atomic E-state index is 10.8. The van der Waals surface area contributed by atoms with Crippen LogP contribution in [0.2, 0.25) is 0 Å². The molecule has 2 aromatic carbocycles. The molecule has 134 valence electrons. The quantitative estimate of drug-likeness (QED) is 0.501. The SMILES string of the molecule is CCCCCCCCc1ccc(NCc2ccc(C(=O)O)cc2)cc1. The molecule has 0 atom stereocenters. The molecule has 2 N–H and O–H groups in total. The van der Waals surface area contributed by atoms with E-state index in [2.05, 4.69) is 36.5 Å². The Hall–Kier alpha value is -2.29. The van der Waals surface area contributed by atoms with Crippen molar-refractivity contribution in [1.82, 2.24) is 0 Å². The van der Waals surface area contributed by atoms with Gasteiger partial charge in [0.2, 0.25) is 0 Å². The number of carbonyl (C=O) groups is 1. The van der Waals surface area contributed by atoms with E-state index in [9.17, 15) is 4.79 Å². The number of carboxylic acid groups (broad SMARTS) is 1. The molecular weight excluding hydrogens is 310 g/mol. The number of aromatic carboxylic acids is 1. The number of carboxylic acids is 1. The van der Waals surface area contributed by atoms with Crippen LogP contribution in [0, 0.1) is 0 Å². The molecule has 0 radical (unpaired) electrons. The lowest BCUT2D eigenvalue weighted by atomic mass is 10.0. The highest BCUT2D eigenvalue weighted by Gasteiger charge is 2.02. The first kappa shape index (κ1) is 19.0. The minimum Gasteiger partial charge on any atom is -0.478 e. The van der Waals surface area contributed by atoms with E-state index in [1.165, 1.54) is 44.1 Å². The minimum atomic E-state index is -0.888. The van der Waals surface area contributed by atoms with E-state index >= 15 is 0 Å². The minimum absolute atomic E-state index is 0.322. The van der Waals surface area contributed by atoms with Gasteiger partial charge in [0.25, 0.3) is 0 Å². The predicted octanol–water partition coefficient (Wildman–Crippen LogP) is 5.90. The third-order valence-electron chi connectivity index (χ3n) is 4.47. The van der Waals surface area contributed by atoms with Gasteiger partial charge in [-0.25, -0.2) is 4.79 Å². The summed E-state index contributed by atoms with van der Waals surface area (Å²) >= 11 is 0. The van der Waals surface area contributed by atoms with Gasteiger partial charge >= 0.3 is 5.97 Å². The Morgan fingerprint density at radius 1 is 0.840 bits per heavy atom. The highest BCUT2D eigenvalue weighted by molar-refractivity contribution is 5.87. The van der Waals surface area contributed by atoms with Crippen molar-refractivity contribution in [2.24, 2.45) is 0 Å². The molecule has 0 fully saturated rings. The molecule has 0 spiro atoms. The second-order valence-electron chi connectivity index (χ2n) is 6.57. The summed E-state index contributed by atoms with van der Waals surface area (Å²) in [6, 6.07) is 15.6. The topological polar surface area (TPSA) is 49.3 Å². The molecule has 3 nitrogen and oxygen atoms in total. The van der Waals surface area contributed by atoms with Crippen molar-refractivity contribution in [3.05, 3.63) is 65.2 Å². The molecule has 0 aliphatic carbocycles. The van der Waals surface area contributed by atoms with Gasteiger partial charge in [0.1, 0.15) is 0 Å². The van der Waals surface area contributed by atoms with Crippen LogP contribution in [0.5, 0.6) is 0 Å². The number of unbranched alkanes of at least 4 members (excludes halogenated alkanes) is 5. The first-order chi connectivity index (χ1) is 12.2. The molecule has 0 amide bonds. The van der Waals surface area contributed by atoms with E-state index in [0.29, 0.717) is 12.1 Å². The molecule has 0 aromatic heterocycles. The zero-order chi connectivity index (χ0) is 17.9. The molecular formula is C22H29NO2. The second-order valence-corrected chi connectivity index (χ2v) is 6.57. The van der Waals surface area contributed by atoms with Gasteiger partial charge in [-0.15, -0.1) is 0 Å². The largest absolute Gasteiger partial charge is 0.478 e. The van der Waals surface area contributed by atoms with Gasteiger partial charge < -0.3 is 10.4 Å². The second kappa shape index (κ2) is 10.5. The Balaban J connectivity index is 1.71. The highest BCUT2D eigenvalue weighted by Crippen LogP contribution is 2.15. The molecule has 0 saturated carbocycles. The predicted molar refractivity (Wildman–Crippen MR) is 104 cm³/mol. The number of aryl methyl sites for hydroxylation is 1. The summed E-state index contributed by atoms with van der Waals surface area (Å²) in [6.45, 7) is 2.94. The molecule has 25 heavy (non-hydrogen) atoms. The van der Waals surface area contributed by atoms with E-state index < -0.39 is 5.97 Å². The van der Waals surface area contributed by atoms with Gasteiger partial charge in [-0.05, 0) is 48.2 Å². The third kappa shape index (κ3) is 7.00. The van der Waals surface area contributed by atoms with Crippen LogP contribution in [0.4, 0.5) is 5.69 Å². The Morgan fingerprint density at radius 2 is 1.44 bits per heavy atom. The number of hydrogen-bond donors (Lipinski definition) is 2. The van der Waals surface area contributed by atoms with Crippen LogP contribution in [0.15, 0.2) is 48.5 Å². The zero-order valence-corrected chi connectivity index (χ0v) is 15.1. The van der Waals surface area contributed by atoms with Crippen LogP contribution >= 0.6 is 0 Å². The average Bonchev–Trinajstić information content (AvgIpc) is 2.64. The number of benzene rings is 2. The summed E-state index contributed by atoms with van der Waals surface area (Å²) in [4.78, 5) is 10.8. The monoisotopic (exact) mass is 339 g/mol. The van der Waals surface area contributed by atoms with E-state index in [4.69, 9.17) is 5.11 Å². The van der Waals surface area contributed by atoms with E-state index in [-0.39, 0.29) is 0 Å². The summed E-state index contributed by atoms with van der Waals surface area (Å²) in [5.41, 5.74) is 3.88. The molecule has 2 aromatic rings. The van der Waals surface area contributed by atoms with Gasteiger partial charge in [0, 0.05) is 12.2 Å². The van der Waals surface area contributed by atoms with Gasteiger partial charge in [-0.3, -0.25) is 0 Å². The smallest absolute Gasteiger partial charge is 0.335 e. The van der Waals surface area contributed by atoms with Gasteiger partial charge in [0.15, 0.2) is 0 Å². The lowest BCUT2D eigenvalue weighted by Gasteiger charge is -2.08. The van der Waals surface area contributed by atoms with Crippen molar-refractivity contribution >= 4 is 11.7 Å². The van der Waals surface area contributed by atoms with Crippen LogP contribution in [0.25, 0.3) is 0 Å². The number of anilines is 1. The molecule has 0 aliphatic heterocycles. The lowest BCUT2D eigenvalue weighted by Crippen LogP contribution is -2.01. The Labute approximate surface area is 151 Å². The van der Waals surface area contributed by atoms with Crippen molar-refractivity contribution in [2.45, 2.75) is 58.4 Å². The normalized spacial score (nSPS) is 10.6. The average molecular weight is 339 g/mol. The summed E-state index contributed by atoms with van der Waals surface area (Å²) in [5, 5.41) is 12.3. The van der Waals surface area contributed by atoms with Crippen LogP contribution in [0.3, 0.4) is 0 Å². The van der Waals surface area contributed by atoms with Crippen LogP contribution in [-0.4, -0.2) is 11.1 Å². The molecule has 0 bridgehead atoms. The van der Waals surface area contributed by atoms with E-state index in [0.717, 1.165) is 17.7 Å². The van der Waals surface area contributed by atoms with Gasteiger partial charge in [0.05, 0.1) is 5.56 Å². The Kier molecular flexibility index (Phi) is 8.03. The van der Waals surface area contributed by atoms with E-state index in [1.54, 1.807) is 12.1 Å². The highest BCUT2D eigenvalue weighted by atomic mass is 16.4. The molecule has 3 heteroatoms. The van der Waals surface area contributed by atoms with Crippen molar-refractivity contribution in [3.8, 4) is 0 Å². The summed E-state index contributed by atoms with van der Waals surface area (Å²) in [6.07, 6.45) is 9.14. The fourth-order valence-corrected chi connectivity index (χ4v) is 2.87. The first-order valence-corrected chi connectivity index (χ1v) is 9.34. The third-order valence-corrected chi connectivity index (χ3v) is 4.47. The van der Waals surface area contributed by atoms with Crippen molar-refractivity contribution in [3.63, 3.8) is 0 Å². The van der Waals surface area contributed by atoms with Gasteiger partial charge in [-0.1, -0.05) is 63.3 Å². The number of nitrogens with one attached hydrogen (secondary N) is 1. The summed E-state index contributed by atoms with van der Waals surface area (Å²) in [5.74, 6) is -0.888. The Bertz CT molecular complexity index is 632. The molecule has 0 aliphatic rings. The lowest BCUT2D eigenvalue weighted by molar-refractivity contribution is 0.0697. The van der Waals surface area contributed by atoms with Crippen molar-refractivity contribution in [2.75, 3.05) is 5.32 Å². The van der Waals surface area contributed by atoms with Crippen LogP contribution < -0.4 is 5.32 Å². The van der Waals surface area contributed by atoms with Crippen molar-refractivity contribution in [1.29, 1.82) is 0 Å². The standard InChI is InChI=1S/C22H29NO2/c1-2-3-4-5-6-7-8-18-11-15-21(16-12-18)23-17-19-9-13-20(14-10-19)22(24)25/h9-16,23H,2-8,17H2,1H3,(H,24,25). The van der Waals surface area contributed by atoms with Gasteiger partial charge in [-0.2, -0.15) is 0 Å². The number of rotatable bonds is 11. The summed E-state index contributed by atoms with van der Waals surface area (Å²) in [7, 11) is 0. The molecule has 2 rings (SSSR count). The zero-order valence-electron chi connectivity index (χ0n) is 15.1. The van der Waals surface area contributed by atoms with E-state index in [1.807, 2.05) is 12.1 Å². The summed E-state index contributed by atoms with van der Waals surface area (Å²) < 4.78 is 0. The molecule has 0 saturated heterocycles. The van der Waals surface area contributed by atoms with Crippen molar-refractivity contribution < 1.29 is 9.90 Å². The fourth-order valence-electron chi connectivity index (χ4n) is 2.87. The first-order valence-electron chi connectivity index (χ1n) is 9.34. The molecule has 0 unspecified atom stereocenters.